The summed E-state index contributed by atoms with van der Waals surface area (Å²) in [5, 5.41) is 11.9. The van der Waals surface area contributed by atoms with Crippen LogP contribution in [0.2, 0.25) is 5.02 Å². The highest BCUT2D eigenvalue weighted by molar-refractivity contribution is 6.33. The fourth-order valence-electron chi connectivity index (χ4n) is 3.59. The van der Waals surface area contributed by atoms with E-state index in [9.17, 15) is 4.79 Å². The van der Waals surface area contributed by atoms with E-state index >= 15 is 0 Å². The number of aryl methyl sites for hydroxylation is 1. The highest BCUT2D eigenvalue weighted by atomic mass is 35.5. The molecule has 0 saturated heterocycles. The lowest BCUT2D eigenvalue weighted by molar-refractivity contribution is 0.0948. The van der Waals surface area contributed by atoms with Gasteiger partial charge in [-0.2, -0.15) is 10.2 Å². The number of aromatic nitrogens is 2. The Bertz CT molecular complexity index is 819. The molecule has 1 aromatic heterocycles. The van der Waals surface area contributed by atoms with Crippen LogP contribution in [0.1, 0.15) is 60.9 Å². The normalized spacial score (nSPS) is 17.3. The van der Waals surface area contributed by atoms with E-state index in [-0.39, 0.29) is 11.3 Å². The van der Waals surface area contributed by atoms with Crippen LogP contribution in [0.25, 0.3) is 0 Å². The summed E-state index contributed by atoms with van der Waals surface area (Å²) in [6.45, 7) is 6.78. The Labute approximate surface area is 159 Å². The van der Waals surface area contributed by atoms with Crippen LogP contribution in [0.4, 0.5) is 0 Å². The number of hydrogen-bond donors (Lipinski definition) is 2. The molecule has 3 rings (SSSR count). The first kappa shape index (κ1) is 18.6. The van der Waals surface area contributed by atoms with Gasteiger partial charge >= 0.3 is 0 Å². The van der Waals surface area contributed by atoms with Gasteiger partial charge in [-0.25, -0.2) is 5.43 Å². The lowest BCUT2D eigenvalue weighted by Crippen LogP contribution is -2.24. The van der Waals surface area contributed by atoms with Gasteiger partial charge in [-0.3, -0.25) is 9.89 Å². The maximum atomic E-state index is 12.5. The van der Waals surface area contributed by atoms with Gasteiger partial charge in [0.05, 0.1) is 6.21 Å². The Morgan fingerprint density at radius 1 is 1.42 bits per heavy atom. The summed E-state index contributed by atoms with van der Waals surface area (Å²) in [7, 11) is 0. The van der Waals surface area contributed by atoms with Crippen molar-refractivity contribution in [1.82, 2.24) is 15.6 Å². The number of amides is 1. The molecular formula is C20H25ClN4O. The molecule has 2 N–H and O–H groups in total. The van der Waals surface area contributed by atoms with Crippen molar-refractivity contribution in [2.45, 2.75) is 46.5 Å². The summed E-state index contributed by atoms with van der Waals surface area (Å²) in [5.74, 6) is 0.292. The number of halogens is 1. The van der Waals surface area contributed by atoms with Gasteiger partial charge < -0.3 is 0 Å². The predicted octanol–water partition coefficient (Wildman–Crippen LogP) is 4.37. The molecule has 0 radical (unpaired) electrons. The lowest BCUT2D eigenvalue weighted by atomic mass is 9.76. The largest absolute Gasteiger partial charge is 0.292 e. The monoisotopic (exact) mass is 372 g/mol. The Balaban J connectivity index is 1.68. The van der Waals surface area contributed by atoms with Crippen molar-refractivity contribution in [1.29, 1.82) is 0 Å². The van der Waals surface area contributed by atoms with Gasteiger partial charge in [-0.1, -0.05) is 50.6 Å². The smallest absolute Gasteiger partial charge is 0.281 e. The first-order valence-corrected chi connectivity index (χ1v) is 9.35. The van der Waals surface area contributed by atoms with Gasteiger partial charge in [0.15, 0.2) is 5.69 Å². The number of H-pyrrole nitrogens is 1. The third kappa shape index (κ3) is 4.52. The van der Waals surface area contributed by atoms with E-state index in [4.69, 9.17) is 11.6 Å². The van der Waals surface area contributed by atoms with Crippen LogP contribution in [0.15, 0.2) is 29.4 Å². The predicted molar refractivity (Wildman–Crippen MR) is 105 cm³/mol. The molecule has 1 aliphatic rings. The summed E-state index contributed by atoms with van der Waals surface area (Å²) in [6.07, 6.45) is 5.66. The number of carbonyl (C=O) groups excluding carboxylic acids is 1. The molecule has 2 aromatic rings. The number of nitrogens with zero attached hydrogens (tertiary/aromatic N) is 2. The molecule has 0 bridgehead atoms. The lowest BCUT2D eigenvalue weighted by Gasteiger charge is -2.28. The zero-order valence-electron chi connectivity index (χ0n) is 15.5. The van der Waals surface area contributed by atoms with E-state index in [1.165, 1.54) is 0 Å². The molecule has 5 nitrogen and oxygen atoms in total. The van der Waals surface area contributed by atoms with Crippen molar-refractivity contribution in [3.8, 4) is 0 Å². The SMILES string of the molecule is CC(C)(C)CC1CCc2[nH]nc(C(=O)N/N=C/c3ccccc3Cl)c2C1. The van der Waals surface area contributed by atoms with E-state index in [0.29, 0.717) is 16.6 Å². The second-order valence-corrected chi connectivity index (χ2v) is 8.53. The second kappa shape index (κ2) is 7.62. The molecule has 1 aliphatic carbocycles. The van der Waals surface area contributed by atoms with Gasteiger partial charge in [-0.05, 0) is 43.1 Å². The Morgan fingerprint density at radius 3 is 2.92 bits per heavy atom. The Morgan fingerprint density at radius 2 is 2.19 bits per heavy atom. The Hall–Kier alpha value is -2.14. The number of fused-ring (bicyclic) bond motifs is 1. The highest BCUT2D eigenvalue weighted by Crippen LogP contribution is 2.34. The zero-order valence-corrected chi connectivity index (χ0v) is 16.2. The average molecular weight is 373 g/mol. The molecule has 26 heavy (non-hydrogen) atoms. The van der Waals surface area contributed by atoms with Crippen LogP contribution >= 0.6 is 11.6 Å². The maximum Gasteiger partial charge on any atom is 0.292 e. The van der Waals surface area contributed by atoms with E-state index in [2.05, 4.69) is 41.5 Å². The van der Waals surface area contributed by atoms with E-state index < -0.39 is 0 Å². The summed E-state index contributed by atoms with van der Waals surface area (Å²) in [5.41, 5.74) is 6.17. The quantitative estimate of drug-likeness (QED) is 0.618. The van der Waals surface area contributed by atoms with Crippen molar-refractivity contribution >= 4 is 23.7 Å². The van der Waals surface area contributed by atoms with Crippen LogP contribution in [-0.2, 0) is 12.8 Å². The average Bonchev–Trinajstić information content (AvgIpc) is 2.98. The molecule has 0 fully saturated rings. The topological polar surface area (TPSA) is 70.1 Å². The van der Waals surface area contributed by atoms with E-state index in [0.717, 1.165) is 42.5 Å². The summed E-state index contributed by atoms with van der Waals surface area (Å²) >= 11 is 6.08. The first-order chi connectivity index (χ1) is 12.3. The number of aromatic amines is 1. The van der Waals surface area contributed by atoms with Gasteiger partial charge in [-0.15, -0.1) is 0 Å². The van der Waals surface area contributed by atoms with Gasteiger partial charge in [0.25, 0.3) is 5.91 Å². The molecule has 0 aliphatic heterocycles. The van der Waals surface area contributed by atoms with Gasteiger partial charge in [0.1, 0.15) is 0 Å². The van der Waals surface area contributed by atoms with Crippen molar-refractivity contribution in [2.75, 3.05) is 0 Å². The number of hydrazone groups is 1. The van der Waals surface area contributed by atoms with Crippen LogP contribution in [0.3, 0.4) is 0 Å². The van der Waals surface area contributed by atoms with Gasteiger partial charge in [0.2, 0.25) is 0 Å². The zero-order chi connectivity index (χ0) is 18.7. The standard InChI is InChI=1S/C20H25ClN4O/c1-20(2,3)11-13-8-9-17-15(10-13)18(24-23-17)19(26)25-22-12-14-6-4-5-7-16(14)21/h4-7,12-13H,8-11H2,1-3H3,(H,23,24)(H,25,26)/b22-12+. The van der Waals surface area contributed by atoms with Crippen LogP contribution < -0.4 is 5.43 Å². The molecule has 1 heterocycles. The minimum absolute atomic E-state index is 0.285. The molecule has 0 saturated carbocycles. The molecule has 0 spiro atoms. The van der Waals surface area contributed by atoms with Gasteiger partial charge in [0, 0.05) is 21.8 Å². The molecule has 1 unspecified atom stereocenters. The van der Waals surface area contributed by atoms with Crippen molar-refractivity contribution in [2.24, 2.45) is 16.4 Å². The molecule has 1 amide bonds. The van der Waals surface area contributed by atoms with Crippen LogP contribution in [-0.4, -0.2) is 22.3 Å². The number of carbonyl (C=O) groups is 1. The van der Waals surface area contributed by atoms with E-state index in [1.807, 2.05) is 18.2 Å². The molecular weight excluding hydrogens is 348 g/mol. The summed E-state index contributed by atoms with van der Waals surface area (Å²) < 4.78 is 0. The van der Waals surface area contributed by atoms with Crippen molar-refractivity contribution in [3.63, 3.8) is 0 Å². The van der Waals surface area contributed by atoms with E-state index in [1.54, 1.807) is 12.3 Å². The fraction of sp³-hybridized carbons (Fsp3) is 0.450. The Kier molecular flexibility index (Phi) is 5.47. The van der Waals surface area contributed by atoms with Crippen molar-refractivity contribution < 1.29 is 4.79 Å². The number of rotatable bonds is 4. The van der Waals surface area contributed by atoms with Crippen LogP contribution in [0.5, 0.6) is 0 Å². The minimum atomic E-state index is -0.290. The first-order valence-electron chi connectivity index (χ1n) is 8.97. The number of hydrogen-bond acceptors (Lipinski definition) is 3. The summed E-state index contributed by atoms with van der Waals surface area (Å²) in [4.78, 5) is 12.5. The van der Waals surface area contributed by atoms with Crippen LogP contribution in [0, 0.1) is 11.3 Å². The third-order valence-electron chi connectivity index (χ3n) is 4.64. The second-order valence-electron chi connectivity index (χ2n) is 8.12. The minimum Gasteiger partial charge on any atom is -0.281 e. The maximum absolute atomic E-state index is 12.5. The number of benzene rings is 1. The molecule has 138 valence electrons. The van der Waals surface area contributed by atoms with Crippen molar-refractivity contribution in [3.05, 3.63) is 51.8 Å². The summed E-state index contributed by atoms with van der Waals surface area (Å²) in [6, 6.07) is 7.34. The molecule has 1 aromatic carbocycles. The molecule has 1 atom stereocenters. The number of nitrogens with one attached hydrogen (secondary N) is 2. The third-order valence-corrected chi connectivity index (χ3v) is 4.98. The highest BCUT2D eigenvalue weighted by Gasteiger charge is 2.28. The molecule has 6 heteroatoms. The fourth-order valence-corrected chi connectivity index (χ4v) is 3.77.